The van der Waals surface area contributed by atoms with E-state index in [0.29, 0.717) is 21.4 Å². The average molecular weight is 268 g/mol. The fraction of sp³-hybridized carbons (Fsp3) is 0.0909. The quantitative estimate of drug-likeness (QED) is 0.822. The molecule has 1 heterocycles. The van der Waals surface area contributed by atoms with Crippen LogP contribution in [-0.2, 0) is 0 Å². The number of amides is 1. The number of nitrogen functional groups attached to an aromatic ring is 1. The lowest BCUT2D eigenvalue weighted by Gasteiger charge is -2.05. The Kier molecular flexibility index (Phi) is 3.31. The molecule has 3 N–H and O–H groups in total. The van der Waals surface area contributed by atoms with Gasteiger partial charge in [0.25, 0.3) is 5.91 Å². The van der Waals surface area contributed by atoms with Crippen molar-refractivity contribution in [2.45, 2.75) is 6.92 Å². The molecule has 0 aliphatic heterocycles. The van der Waals surface area contributed by atoms with Crippen molar-refractivity contribution in [1.29, 1.82) is 0 Å². The van der Waals surface area contributed by atoms with Gasteiger partial charge in [0.2, 0.25) is 0 Å². The van der Waals surface area contributed by atoms with Gasteiger partial charge in [0.1, 0.15) is 0 Å². The molecular weight excluding hydrogens is 258 g/mol. The Bertz CT molecular complexity index is 568. The second-order valence-corrected chi connectivity index (χ2v) is 4.77. The van der Waals surface area contributed by atoms with Crippen LogP contribution >= 0.6 is 22.9 Å². The van der Waals surface area contributed by atoms with Crippen molar-refractivity contribution in [3.05, 3.63) is 39.9 Å². The second-order valence-electron chi connectivity index (χ2n) is 3.48. The van der Waals surface area contributed by atoms with Gasteiger partial charge in [-0.25, -0.2) is 4.98 Å². The van der Waals surface area contributed by atoms with E-state index in [9.17, 15) is 4.79 Å². The Morgan fingerprint density at radius 1 is 1.53 bits per heavy atom. The van der Waals surface area contributed by atoms with Crippen molar-refractivity contribution in [2.24, 2.45) is 0 Å². The maximum absolute atomic E-state index is 11.9. The molecule has 0 radical (unpaired) electrons. The third kappa shape index (κ3) is 2.75. The van der Waals surface area contributed by atoms with E-state index in [-0.39, 0.29) is 5.91 Å². The molecule has 2 rings (SSSR count). The lowest BCUT2D eigenvalue weighted by molar-refractivity contribution is 0.102. The monoisotopic (exact) mass is 267 g/mol. The number of hydrogen-bond donors (Lipinski definition) is 2. The number of aryl methyl sites for hydroxylation is 1. The number of carbonyl (C=O) groups excluding carboxylic acids is 1. The van der Waals surface area contributed by atoms with Gasteiger partial charge in [-0.1, -0.05) is 11.6 Å². The zero-order valence-corrected chi connectivity index (χ0v) is 10.6. The Labute approximate surface area is 107 Å². The van der Waals surface area contributed by atoms with E-state index < -0.39 is 0 Å². The molecule has 2 aromatic rings. The first-order chi connectivity index (χ1) is 8.06. The number of nitrogens with one attached hydrogen (secondary N) is 1. The van der Waals surface area contributed by atoms with E-state index >= 15 is 0 Å². The highest BCUT2D eigenvalue weighted by molar-refractivity contribution is 7.13. The topological polar surface area (TPSA) is 68.0 Å². The Morgan fingerprint density at radius 3 is 2.94 bits per heavy atom. The maximum atomic E-state index is 11.9. The molecule has 4 nitrogen and oxygen atoms in total. The number of nitrogens with zero attached hydrogens (tertiary/aromatic N) is 1. The van der Waals surface area contributed by atoms with Crippen LogP contribution in [0.3, 0.4) is 0 Å². The molecule has 0 bridgehead atoms. The molecule has 0 fully saturated rings. The summed E-state index contributed by atoms with van der Waals surface area (Å²) in [6.07, 6.45) is 0. The summed E-state index contributed by atoms with van der Waals surface area (Å²) >= 11 is 7.19. The van der Waals surface area contributed by atoms with Gasteiger partial charge in [-0.2, -0.15) is 0 Å². The third-order valence-electron chi connectivity index (χ3n) is 2.10. The number of anilines is 2. The van der Waals surface area contributed by atoms with Gasteiger partial charge in [-0.3, -0.25) is 10.1 Å². The van der Waals surface area contributed by atoms with Gasteiger partial charge >= 0.3 is 0 Å². The lowest BCUT2D eigenvalue weighted by atomic mass is 10.2. The molecule has 0 spiro atoms. The number of halogens is 1. The van der Waals surface area contributed by atoms with Gasteiger partial charge < -0.3 is 5.73 Å². The first kappa shape index (κ1) is 11.9. The number of aromatic nitrogens is 1. The van der Waals surface area contributed by atoms with E-state index in [0.717, 1.165) is 5.69 Å². The largest absolute Gasteiger partial charge is 0.398 e. The molecule has 0 unspecified atom stereocenters. The van der Waals surface area contributed by atoms with Crippen LogP contribution < -0.4 is 11.1 Å². The van der Waals surface area contributed by atoms with Crippen LogP contribution in [0, 0.1) is 6.92 Å². The normalized spacial score (nSPS) is 10.2. The van der Waals surface area contributed by atoms with Gasteiger partial charge in [0.05, 0.1) is 11.3 Å². The lowest BCUT2D eigenvalue weighted by Crippen LogP contribution is -2.13. The maximum Gasteiger partial charge on any atom is 0.259 e. The number of carbonyl (C=O) groups is 1. The fourth-order valence-electron chi connectivity index (χ4n) is 1.30. The Morgan fingerprint density at radius 2 is 2.29 bits per heavy atom. The highest BCUT2D eigenvalue weighted by Crippen LogP contribution is 2.20. The molecule has 0 saturated heterocycles. The number of thiazole rings is 1. The SMILES string of the molecule is Cc1csc(NC(=O)c2cc(Cl)ccc2N)n1. The fourth-order valence-corrected chi connectivity index (χ4v) is 2.16. The first-order valence-electron chi connectivity index (χ1n) is 4.85. The van der Waals surface area contributed by atoms with Crippen molar-refractivity contribution in [1.82, 2.24) is 4.98 Å². The van der Waals surface area contributed by atoms with Crippen LogP contribution in [0.4, 0.5) is 10.8 Å². The van der Waals surface area contributed by atoms with Crippen molar-refractivity contribution < 1.29 is 4.79 Å². The van der Waals surface area contributed by atoms with Gasteiger partial charge in [-0.05, 0) is 25.1 Å². The first-order valence-corrected chi connectivity index (χ1v) is 6.10. The van der Waals surface area contributed by atoms with Crippen molar-refractivity contribution in [2.75, 3.05) is 11.1 Å². The van der Waals surface area contributed by atoms with Gasteiger partial charge in [-0.15, -0.1) is 11.3 Å². The third-order valence-corrected chi connectivity index (χ3v) is 3.21. The van der Waals surface area contributed by atoms with Crippen LogP contribution in [0.2, 0.25) is 5.02 Å². The Balaban J connectivity index is 2.22. The molecule has 0 saturated carbocycles. The smallest absolute Gasteiger partial charge is 0.259 e. The van der Waals surface area contributed by atoms with Gasteiger partial charge in [0.15, 0.2) is 5.13 Å². The van der Waals surface area contributed by atoms with Crippen LogP contribution in [0.25, 0.3) is 0 Å². The van der Waals surface area contributed by atoms with Gasteiger partial charge in [0, 0.05) is 16.1 Å². The molecule has 1 aromatic carbocycles. The predicted octanol–water partition coefficient (Wildman–Crippen LogP) is 2.94. The van der Waals surface area contributed by atoms with Crippen LogP contribution in [0.1, 0.15) is 16.1 Å². The minimum atomic E-state index is -0.306. The van der Waals surface area contributed by atoms with Crippen LogP contribution in [0.15, 0.2) is 23.6 Å². The predicted molar refractivity (Wildman–Crippen MR) is 70.7 cm³/mol. The van der Waals surface area contributed by atoms with Crippen molar-refractivity contribution in [3.63, 3.8) is 0 Å². The van der Waals surface area contributed by atoms with E-state index in [1.54, 1.807) is 12.1 Å². The molecule has 0 aliphatic carbocycles. The summed E-state index contributed by atoms with van der Waals surface area (Å²) in [6, 6.07) is 4.78. The summed E-state index contributed by atoms with van der Waals surface area (Å²) in [5, 5.41) is 5.55. The summed E-state index contributed by atoms with van der Waals surface area (Å²) in [4.78, 5) is 16.1. The zero-order chi connectivity index (χ0) is 12.4. The van der Waals surface area contributed by atoms with Crippen molar-refractivity contribution in [3.8, 4) is 0 Å². The number of benzene rings is 1. The van der Waals surface area contributed by atoms with E-state index in [1.807, 2.05) is 12.3 Å². The summed E-state index contributed by atoms with van der Waals surface area (Å²) in [5.74, 6) is -0.306. The molecule has 1 aromatic heterocycles. The molecule has 0 aliphatic rings. The zero-order valence-electron chi connectivity index (χ0n) is 9.03. The summed E-state index contributed by atoms with van der Waals surface area (Å²) in [6.45, 7) is 1.86. The Hall–Kier alpha value is -1.59. The molecule has 6 heteroatoms. The van der Waals surface area contributed by atoms with Crippen LogP contribution in [-0.4, -0.2) is 10.9 Å². The minimum absolute atomic E-state index is 0.306. The molecular formula is C11H10ClN3OS. The number of nitrogens with two attached hydrogens (primary N) is 1. The highest BCUT2D eigenvalue weighted by atomic mass is 35.5. The average Bonchev–Trinajstić information content (AvgIpc) is 2.67. The standard InChI is InChI=1S/C11H10ClN3OS/c1-6-5-17-11(14-6)15-10(16)8-4-7(12)2-3-9(8)13/h2-5H,13H2,1H3,(H,14,15,16). The second kappa shape index (κ2) is 4.73. The number of hydrogen-bond acceptors (Lipinski definition) is 4. The molecule has 88 valence electrons. The summed E-state index contributed by atoms with van der Waals surface area (Å²) < 4.78 is 0. The van der Waals surface area contributed by atoms with E-state index in [1.165, 1.54) is 17.4 Å². The molecule has 1 amide bonds. The molecule has 0 atom stereocenters. The molecule has 17 heavy (non-hydrogen) atoms. The summed E-state index contributed by atoms with van der Waals surface area (Å²) in [5.41, 5.74) is 7.32. The highest BCUT2D eigenvalue weighted by Gasteiger charge is 2.12. The van der Waals surface area contributed by atoms with E-state index in [4.69, 9.17) is 17.3 Å². The van der Waals surface area contributed by atoms with Crippen molar-refractivity contribution >= 4 is 39.7 Å². The number of rotatable bonds is 2. The summed E-state index contributed by atoms with van der Waals surface area (Å²) in [7, 11) is 0. The van der Waals surface area contributed by atoms with Crippen LogP contribution in [0.5, 0.6) is 0 Å². The minimum Gasteiger partial charge on any atom is -0.398 e. The van der Waals surface area contributed by atoms with E-state index in [2.05, 4.69) is 10.3 Å².